The Morgan fingerprint density at radius 1 is 1.06 bits per heavy atom. The molecule has 2 heterocycles. The highest BCUT2D eigenvalue weighted by Crippen LogP contribution is 2.53. The lowest BCUT2D eigenvalue weighted by Crippen LogP contribution is -2.15. The molecule has 0 amide bonds. The van der Waals surface area contributed by atoms with E-state index in [2.05, 4.69) is 12.2 Å². The Morgan fingerprint density at radius 3 is 1.88 bits per heavy atom. The van der Waals surface area contributed by atoms with Gasteiger partial charge in [0.25, 0.3) is 0 Å². The molecule has 0 bridgehead atoms. The van der Waals surface area contributed by atoms with E-state index in [1.807, 2.05) is 0 Å². The SMILES string of the molecule is S=P(S)(OCC1CCCO1)OCC1CCCO1. The molecule has 2 aliphatic rings. The van der Waals surface area contributed by atoms with Gasteiger partial charge >= 0.3 is 0 Å². The van der Waals surface area contributed by atoms with E-state index in [1.165, 1.54) is 0 Å². The van der Waals surface area contributed by atoms with Crippen molar-refractivity contribution in [2.75, 3.05) is 26.4 Å². The van der Waals surface area contributed by atoms with Gasteiger partial charge in [-0.15, -0.1) is 0 Å². The highest BCUT2D eigenvalue weighted by Gasteiger charge is 2.23. The molecule has 2 saturated heterocycles. The monoisotopic (exact) mass is 298 g/mol. The van der Waals surface area contributed by atoms with Gasteiger partial charge in [0.1, 0.15) is 0 Å². The standard InChI is InChI=1S/C10H19O4PS2/c16-15(17,13-7-9-3-1-5-11-9)14-8-10-4-2-6-12-10/h9-10H,1-8H2,(H,16,17). The molecule has 0 saturated carbocycles. The maximum Gasteiger partial charge on any atom is 0.244 e. The number of thiol groups is 1. The van der Waals surface area contributed by atoms with Crippen molar-refractivity contribution in [3.05, 3.63) is 0 Å². The molecule has 4 nitrogen and oxygen atoms in total. The maximum atomic E-state index is 5.56. The molecule has 0 aromatic rings. The van der Waals surface area contributed by atoms with Crippen LogP contribution in [0.25, 0.3) is 0 Å². The van der Waals surface area contributed by atoms with E-state index < -0.39 is 5.69 Å². The van der Waals surface area contributed by atoms with Crippen LogP contribution in [0.15, 0.2) is 0 Å². The Bertz CT molecular complexity index is 253. The molecule has 2 atom stereocenters. The Kier molecular flexibility index (Phi) is 5.74. The number of hydrogen-bond donors (Lipinski definition) is 1. The lowest BCUT2D eigenvalue weighted by atomic mass is 10.2. The van der Waals surface area contributed by atoms with Gasteiger partial charge in [-0.25, -0.2) is 0 Å². The Labute approximate surface area is 113 Å². The topological polar surface area (TPSA) is 36.9 Å². The van der Waals surface area contributed by atoms with E-state index in [0.717, 1.165) is 38.9 Å². The first-order valence-electron chi connectivity index (χ1n) is 6.01. The van der Waals surface area contributed by atoms with E-state index in [1.54, 1.807) is 0 Å². The largest absolute Gasteiger partial charge is 0.376 e. The van der Waals surface area contributed by atoms with Crippen LogP contribution in [-0.2, 0) is 30.3 Å². The third kappa shape index (κ3) is 5.15. The van der Waals surface area contributed by atoms with Gasteiger partial charge in [0.2, 0.25) is 5.69 Å². The summed E-state index contributed by atoms with van der Waals surface area (Å²) in [6, 6.07) is 0. The van der Waals surface area contributed by atoms with Gasteiger partial charge in [-0.3, -0.25) is 0 Å². The summed E-state index contributed by atoms with van der Waals surface area (Å²) in [7, 11) is 0. The van der Waals surface area contributed by atoms with Crippen LogP contribution in [0.5, 0.6) is 0 Å². The molecule has 100 valence electrons. The first kappa shape index (κ1) is 14.3. The van der Waals surface area contributed by atoms with E-state index >= 15 is 0 Å². The van der Waals surface area contributed by atoms with E-state index in [-0.39, 0.29) is 12.2 Å². The van der Waals surface area contributed by atoms with Gasteiger partial charge in [-0.1, -0.05) is 12.2 Å². The minimum Gasteiger partial charge on any atom is -0.376 e. The first-order chi connectivity index (χ1) is 8.16. The number of ether oxygens (including phenoxy) is 2. The van der Waals surface area contributed by atoms with Crippen LogP contribution in [-0.4, -0.2) is 38.6 Å². The molecule has 2 fully saturated rings. The van der Waals surface area contributed by atoms with Crippen LogP contribution in [0.2, 0.25) is 0 Å². The summed E-state index contributed by atoms with van der Waals surface area (Å²) in [5.41, 5.74) is -2.43. The third-order valence-corrected chi connectivity index (χ3v) is 5.17. The van der Waals surface area contributed by atoms with Crippen molar-refractivity contribution in [3.63, 3.8) is 0 Å². The fourth-order valence-corrected chi connectivity index (χ4v) is 3.49. The summed E-state index contributed by atoms with van der Waals surface area (Å²) in [5, 5.41) is 0. The Morgan fingerprint density at radius 2 is 1.53 bits per heavy atom. The maximum absolute atomic E-state index is 5.56. The zero-order valence-corrected chi connectivity index (χ0v) is 12.4. The third-order valence-electron chi connectivity index (χ3n) is 2.90. The quantitative estimate of drug-likeness (QED) is 0.602. The summed E-state index contributed by atoms with van der Waals surface area (Å²) in [6.45, 7) is 2.62. The van der Waals surface area contributed by atoms with Gasteiger partial charge in [-0.05, 0) is 37.5 Å². The van der Waals surface area contributed by atoms with Gasteiger partial charge in [0.05, 0.1) is 25.4 Å². The van der Waals surface area contributed by atoms with Gasteiger partial charge in [-0.2, -0.15) is 0 Å². The molecule has 0 N–H and O–H groups in total. The van der Waals surface area contributed by atoms with Crippen LogP contribution in [0.4, 0.5) is 0 Å². The van der Waals surface area contributed by atoms with Crippen molar-refractivity contribution in [2.45, 2.75) is 37.9 Å². The van der Waals surface area contributed by atoms with Crippen LogP contribution in [0.1, 0.15) is 25.7 Å². The molecule has 0 aromatic carbocycles. The van der Waals surface area contributed by atoms with Crippen molar-refractivity contribution in [1.82, 2.24) is 0 Å². The molecule has 2 aliphatic heterocycles. The van der Waals surface area contributed by atoms with Crippen LogP contribution < -0.4 is 0 Å². The Balaban J connectivity index is 1.64. The van der Waals surface area contributed by atoms with Crippen LogP contribution in [0, 0.1) is 0 Å². The summed E-state index contributed by atoms with van der Waals surface area (Å²) >= 11 is 9.53. The van der Waals surface area contributed by atoms with Gasteiger partial charge in [0, 0.05) is 13.2 Å². The molecule has 2 rings (SSSR count). The van der Waals surface area contributed by atoms with Crippen LogP contribution >= 0.6 is 17.9 Å². The average Bonchev–Trinajstić information content (AvgIpc) is 2.97. The fourth-order valence-electron chi connectivity index (χ4n) is 1.94. The van der Waals surface area contributed by atoms with E-state index in [4.69, 9.17) is 30.3 Å². The minimum atomic E-state index is -2.43. The highest BCUT2D eigenvalue weighted by atomic mass is 32.9. The molecule has 17 heavy (non-hydrogen) atoms. The highest BCUT2D eigenvalue weighted by molar-refractivity contribution is 8.60. The molecule has 0 aromatic heterocycles. The number of rotatable bonds is 6. The smallest absolute Gasteiger partial charge is 0.244 e. The second-order valence-electron chi connectivity index (χ2n) is 4.33. The summed E-state index contributed by atoms with van der Waals surface area (Å²) < 4.78 is 22.0. The van der Waals surface area contributed by atoms with Gasteiger partial charge in [0.15, 0.2) is 0 Å². The Hall–Kier alpha value is 0.840. The molecule has 0 radical (unpaired) electrons. The lowest BCUT2D eigenvalue weighted by molar-refractivity contribution is 0.0525. The molecular formula is C10H19O4PS2. The zero-order chi connectivity index (χ0) is 12.1. The predicted octanol–water partition coefficient (Wildman–Crippen LogP) is 2.53. The zero-order valence-electron chi connectivity index (χ0n) is 9.75. The van der Waals surface area contributed by atoms with Crippen molar-refractivity contribution in [1.29, 1.82) is 0 Å². The predicted molar refractivity (Wildman–Crippen MR) is 73.1 cm³/mol. The van der Waals surface area contributed by atoms with Gasteiger partial charge < -0.3 is 18.5 Å². The molecule has 0 spiro atoms. The number of hydrogen-bond acceptors (Lipinski definition) is 5. The molecule has 2 unspecified atom stereocenters. The molecular weight excluding hydrogens is 279 g/mol. The first-order valence-corrected chi connectivity index (χ1v) is 9.80. The summed E-state index contributed by atoms with van der Waals surface area (Å²) in [4.78, 5) is 0. The minimum absolute atomic E-state index is 0.163. The summed E-state index contributed by atoms with van der Waals surface area (Å²) in [5.74, 6) is 0. The second kappa shape index (κ2) is 6.85. The molecule has 0 aliphatic carbocycles. The lowest BCUT2D eigenvalue weighted by Gasteiger charge is -2.20. The fraction of sp³-hybridized carbons (Fsp3) is 1.00. The van der Waals surface area contributed by atoms with Crippen molar-refractivity contribution in [3.8, 4) is 0 Å². The van der Waals surface area contributed by atoms with Crippen molar-refractivity contribution in [2.24, 2.45) is 0 Å². The summed E-state index contributed by atoms with van der Waals surface area (Å²) in [6.07, 6.45) is 4.59. The average molecular weight is 298 g/mol. The van der Waals surface area contributed by atoms with Crippen LogP contribution in [0.3, 0.4) is 0 Å². The van der Waals surface area contributed by atoms with E-state index in [0.29, 0.717) is 13.2 Å². The molecule has 7 heteroatoms. The second-order valence-corrected chi connectivity index (χ2v) is 9.62. The van der Waals surface area contributed by atoms with Crippen molar-refractivity contribution < 1.29 is 18.5 Å². The van der Waals surface area contributed by atoms with Crippen molar-refractivity contribution >= 4 is 29.7 Å². The normalized spacial score (nSPS) is 32.8. The van der Waals surface area contributed by atoms with E-state index in [9.17, 15) is 0 Å².